The van der Waals surface area contributed by atoms with Crippen LogP contribution in [-0.4, -0.2) is 36.6 Å². The van der Waals surface area contributed by atoms with Crippen molar-refractivity contribution in [3.63, 3.8) is 0 Å². The van der Waals surface area contributed by atoms with Crippen LogP contribution in [0.25, 0.3) is 0 Å². The fraction of sp³-hybridized carbons (Fsp3) is 0.412. The second kappa shape index (κ2) is 7.27. The number of hydrogen-bond acceptors (Lipinski definition) is 5. The van der Waals surface area contributed by atoms with Gasteiger partial charge >= 0.3 is 6.36 Å². The van der Waals surface area contributed by atoms with Gasteiger partial charge in [0.15, 0.2) is 0 Å². The number of nitrogens with one attached hydrogen (secondary N) is 1. The topological polar surface area (TPSA) is 67.6 Å². The van der Waals surface area contributed by atoms with Crippen molar-refractivity contribution in [2.45, 2.75) is 32.2 Å². The number of halogens is 3. The van der Waals surface area contributed by atoms with Crippen molar-refractivity contribution in [1.29, 1.82) is 0 Å². The molecule has 0 atom stereocenters. The van der Waals surface area contributed by atoms with E-state index in [2.05, 4.69) is 20.1 Å². The first-order valence-electron chi connectivity index (χ1n) is 8.15. The van der Waals surface area contributed by atoms with Gasteiger partial charge < -0.3 is 19.5 Å². The Morgan fingerprint density at radius 2 is 1.92 bits per heavy atom. The molecule has 3 rings (SSSR count). The summed E-state index contributed by atoms with van der Waals surface area (Å²) in [6, 6.07) is 7.37. The van der Waals surface area contributed by atoms with Crippen molar-refractivity contribution in [3.8, 4) is 5.75 Å². The summed E-state index contributed by atoms with van der Waals surface area (Å²) in [7, 11) is 0. The van der Waals surface area contributed by atoms with Crippen LogP contribution in [0.1, 0.15) is 29.1 Å². The minimum atomic E-state index is -4.69. The number of amides is 1. The van der Waals surface area contributed by atoms with E-state index in [0.29, 0.717) is 18.8 Å². The average molecular weight is 369 g/mol. The summed E-state index contributed by atoms with van der Waals surface area (Å²) in [4.78, 5) is 14.1. The molecule has 1 saturated heterocycles. The van der Waals surface area contributed by atoms with Crippen LogP contribution in [-0.2, 0) is 0 Å². The number of anilines is 1. The molecule has 0 spiro atoms. The van der Waals surface area contributed by atoms with E-state index in [1.165, 1.54) is 12.1 Å². The molecule has 1 fully saturated rings. The molecular weight excluding hydrogens is 351 g/mol. The maximum absolute atomic E-state index is 12.2. The summed E-state index contributed by atoms with van der Waals surface area (Å²) in [5.74, 6) is -0.353. The van der Waals surface area contributed by atoms with E-state index in [1.54, 1.807) is 25.1 Å². The fourth-order valence-corrected chi connectivity index (χ4v) is 2.87. The molecule has 140 valence electrons. The molecule has 26 heavy (non-hydrogen) atoms. The van der Waals surface area contributed by atoms with Crippen molar-refractivity contribution >= 4 is 11.6 Å². The van der Waals surface area contributed by atoms with Crippen LogP contribution in [0.5, 0.6) is 5.75 Å². The normalized spacial score (nSPS) is 15.8. The third-order valence-electron chi connectivity index (χ3n) is 4.12. The number of carbonyl (C=O) groups excluding carboxylic acids is 1. The number of alkyl halides is 3. The zero-order chi connectivity index (χ0) is 18.7. The first-order valence-corrected chi connectivity index (χ1v) is 8.15. The highest BCUT2D eigenvalue weighted by molar-refractivity contribution is 5.91. The number of ether oxygens (including phenoxy) is 1. The Morgan fingerprint density at radius 3 is 2.46 bits per heavy atom. The molecule has 0 radical (unpaired) electrons. The van der Waals surface area contributed by atoms with E-state index in [1.807, 2.05) is 0 Å². The Morgan fingerprint density at radius 1 is 1.27 bits per heavy atom. The molecular formula is C17H18F3N3O3. The Kier molecular flexibility index (Phi) is 5.06. The largest absolute Gasteiger partial charge is 0.573 e. The second-order valence-electron chi connectivity index (χ2n) is 6.11. The summed E-state index contributed by atoms with van der Waals surface area (Å²) in [6.45, 7) is 3.10. The van der Waals surface area contributed by atoms with Crippen molar-refractivity contribution in [2.75, 3.05) is 18.0 Å². The Balaban J connectivity index is 1.51. The average Bonchev–Trinajstić information content (AvgIpc) is 3.02. The quantitative estimate of drug-likeness (QED) is 0.896. The number of aryl methyl sites for hydroxylation is 1. The van der Waals surface area contributed by atoms with Crippen LogP contribution in [0.2, 0.25) is 0 Å². The highest BCUT2D eigenvalue weighted by Gasteiger charge is 2.31. The van der Waals surface area contributed by atoms with Crippen molar-refractivity contribution < 1.29 is 27.2 Å². The first kappa shape index (κ1) is 18.1. The van der Waals surface area contributed by atoms with Gasteiger partial charge in [-0.15, -0.1) is 13.2 Å². The van der Waals surface area contributed by atoms with Gasteiger partial charge in [-0.1, -0.05) is 5.16 Å². The maximum Gasteiger partial charge on any atom is 0.573 e. The minimum absolute atomic E-state index is 0.0111. The lowest BCUT2D eigenvalue weighted by Crippen LogP contribution is -2.44. The highest BCUT2D eigenvalue weighted by atomic mass is 19.4. The van der Waals surface area contributed by atoms with Gasteiger partial charge in [0, 0.05) is 30.9 Å². The second-order valence-corrected chi connectivity index (χ2v) is 6.11. The predicted molar refractivity (Wildman–Crippen MR) is 87.1 cm³/mol. The monoisotopic (exact) mass is 369 g/mol. The summed E-state index contributed by atoms with van der Waals surface area (Å²) >= 11 is 0. The highest BCUT2D eigenvalue weighted by Crippen LogP contribution is 2.26. The predicted octanol–water partition coefficient (Wildman–Crippen LogP) is 3.28. The molecule has 0 aliphatic carbocycles. The van der Waals surface area contributed by atoms with Gasteiger partial charge in [0.1, 0.15) is 5.75 Å². The molecule has 1 aromatic heterocycles. The number of rotatable bonds is 4. The lowest BCUT2D eigenvalue weighted by Gasteiger charge is -2.33. The zero-order valence-corrected chi connectivity index (χ0v) is 14.0. The Labute approximate surface area is 147 Å². The van der Waals surface area contributed by atoms with Crippen LogP contribution in [0, 0.1) is 6.92 Å². The van der Waals surface area contributed by atoms with E-state index >= 15 is 0 Å². The number of benzene rings is 1. The fourth-order valence-electron chi connectivity index (χ4n) is 2.87. The zero-order valence-electron chi connectivity index (χ0n) is 14.0. The molecule has 1 aliphatic rings. The number of hydrogen-bond donors (Lipinski definition) is 1. The SMILES string of the molecule is Cc1cc(C(=O)NC2CCN(c3ccc(OC(F)(F)F)cc3)CC2)on1. The summed E-state index contributed by atoms with van der Waals surface area (Å²) in [5.41, 5.74) is 1.46. The van der Waals surface area contributed by atoms with E-state index in [-0.39, 0.29) is 23.5 Å². The third kappa shape index (κ3) is 4.68. The molecule has 2 heterocycles. The lowest BCUT2D eigenvalue weighted by molar-refractivity contribution is -0.274. The Bertz CT molecular complexity index is 751. The van der Waals surface area contributed by atoms with E-state index in [4.69, 9.17) is 4.52 Å². The van der Waals surface area contributed by atoms with Gasteiger partial charge in [-0.05, 0) is 44.0 Å². The van der Waals surface area contributed by atoms with Gasteiger partial charge in [0.2, 0.25) is 5.76 Å². The summed E-state index contributed by atoms with van der Waals surface area (Å²) < 4.78 is 45.4. The molecule has 9 heteroatoms. The van der Waals surface area contributed by atoms with Crippen LogP contribution in [0.4, 0.5) is 18.9 Å². The van der Waals surface area contributed by atoms with Gasteiger partial charge in [0.25, 0.3) is 5.91 Å². The van der Waals surface area contributed by atoms with Crippen LogP contribution in [0.15, 0.2) is 34.9 Å². The van der Waals surface area contributed by atoms with E-state index in [9.17, 15) is 18.0 Å². The van der Waals surface area contributed by atoms with E-state index in [0.717, 1.165) is 18.5 Å². The third-order valence-corrected chi connectivity index (χ3v) is 4.12. The van der Waals surface area contributed by atoms with Gasteiger partial charge in [-0.25, -0.2) is 0 Å². The van der Waals surface area contributed by atoms with Gasteiger partial charge in [0.05, 0.1) is 5.69 Å². The lowest BCUT2D eigenvalue weighted by atomic mass is 10.0. The van der Waals surface area contributed by atoms with Gasteiger partial charge in [-0.3, -0.25) is 4.79 Å². The van der Waals surface area contributed by atoms with E-state index < -0.39 is 6.36 Å². The van der Waals surface area contributed by atoms with Crippen molar-refractivity contribution in [1.82, 2.24) is 10.5 Å². The standard InChI is InChI=1S/C17H18F3N3O3/c1-11-10-15(26-22-11)16(24)21-12-6-8-23(9-7-12)13-2-4-14(5-3-13)25-17(18,19)20/h2-5,10,12H,6-9H2,1H3,(H,21,24). The first-order chi connectivity index (χ1) is 12.3. The molecule has 0 bridgehead atoms. The van der Waals surface area contributed by atoms with Crippen LogP contribution in [0.3, 0.4) is 0 Å². The number of aromatic nitrogens is 1. The Hall–Kier alpha value is -2.71. The molecule has 1 amide bonds. The number of piperidine rings is 1. The van der Waals surface area contributed by atoms with Crippen LogP contribution < -0.4 is 15.0 Å². The smallest absolute Gasteiger partial charge is 0.406 e. The number of nitrogens with zero attached hydrogens (tertiary/aromatic N) is 2. The minimum Gasteiger partial charge on any atom is -0.406 e. The summed E-state index contributed by atoms with van der Waals surface area (Å²) in [6.07, 6.45) is -3.25. The van der Waals surface area contributed by atoms with Gasteiger partial charge in [-0.2, -0.15) is 0 Å². The molecule has 6 nitrogen and oxygen atoms in total. The molecule has 1 aliphatic heterocycles. The molecule has 0 saturated carbocycles. The molecule has 1 N–H and O–H groups in total. The summed E-state index contributed by atoms with van der Waals surface area (Å²) in [5, 5.41) is 6.60. The molecule has 0 unspecified atom stereocenters. The molecule has 2 aromatic rings. The number of carbonyl (C=O) groups is 1. The van der Waals surface area contributed by atoms with Crippen molar-refractivity contribution in [3.05, 3.63) is 41.8 Å². The van der Waals surface area contributed by atoms with Crippen LogP contribution >= 0.6 is 0 Å². The maximum atomic E-state index is 12.2. The van der Waals surface area contributed by atoms with Crippen molar-refractivity contribution in [2.24, 2.45) is 0 Å². The molecule has 1 aromatic carbocycles.